The molecule has 6 nitrogen and oxygen atoms in total. The molecule has 4 rings (SSSR count). The highest BCUT2D eigenvalue weighted by Gasteiger charge is 2.09. The Balaban J connectivity index is 1.66. The topological polar surface area (TPSA) is 68.6 Å². The van der Waals surface area contributed by atoms with Gasteiger partial charge in [0.25, 0.3) is 0 Å². The summed E-state index contributed by atoms with van der Waals surface area (Å²) in [5.41, 5.74) is 6.94. The van der Waals surface area contributed by atoms with Crippen molar-refractivity contribution in [2.24, 2.45) is 5.10 Å². The van der Waals surface area contributed by atoms with Gasteiger partial charge >= 0.3 is 0 Å². The predicted molar refractivity (Wildman–Crippen MR) is 120 cm³/mol. The molecular formula is C24H22N4O2. The first-order chi connectivity index (χ1) is 14.7. The third-order valence-electron chi connectivity index (χ3n) is 4.70. The van der Waals surface area contributed by atoms with Crippen LogP contribution in [0.1, 0.15) is 11.1 Å². The Bertz CT molecular complexity index is 1200. The lowest BCUT2D eigenvalue weighted by atomic mass is 10.1. The van der Waals surface area contributed by atoms with E-state index in [0.29, 0.717) is 23.1 Å². The number of rotatable bonds is 6. The first-order valence-electron chi connectivity index (χ1n) is 9.53. The second-order valence-corrected chi connectivity index (χ2v) is 6.76. The number of aryl methyl sites for hydroxylation is 1. The van der Waals surface area contributed by atoms with E-state index >= 15 is 0 Å². The van der Waals surface area contributed by atoms with Crippen LogP contribution >= 0.6 is 0 Å². The van der Waals surface area contributed by atoms with Crippen molar-refractivity contribution >= 4 is 22.9 Å². The lowest BCUT2D eigenvalue weighted by Gasteiger charge is -2.09. The summed E-state index contributed by atoms with van der Waals surface area (Å²) in [4.78, 5) is 9.42. The van der Waals surface area contributed by atoms with Gasteiger partial charge in [-0.2, -0.15) is 5.10 Å². The van der Waals surface area contributed by atoms with Gasteiger partial charge in [0.1, 0.15) is 0 Å². The van der Waals surface area contributed by atoms with Crippen LogP contribution in [0.2, 0.25) is 0 Å². The molecule has 0 fully saturated rings. The highest BCUT2D eigenvalue weighted by Crippen LogP contribution is 2.27. The predicted octanol–water partition coefficient (Wildman–Crippen LogP) is 5.07. The van der Waals surface area contributed by atoms with Gasteiger partial charge in [0.05, 0.1) is 26.0 Å². The molecule has 1 aromatic heterocycles. The van der Waals surface area contributed by atoms with Crippen molar-refractivity contribution < 1.29 is 9.47 Å². The summed E-state index contributed by atoms with van der Waals surface area (Å²) in [6, 6.07) is 21.6. The second kappa shape index (κ2) is 8.61. The van der Waals surface area contributed by atoms with Crippen molar-refractivity contribution in [3.63, 3.8) is 0 Å². The van der Waals surface area contributed by atoms with Crippen molar-refractivity contribution in [2.45, 2.75) is 6.92 Å². The second-order valence-electron chi connectivity index (χ2n) is 6.76. The maximum atomic E-state index is 5.34. The number of anilines is 1. The van der Waals surface area contributed by atoms with Gasteiger partial charge in [-0.1, -0.05) is 42.0 Å². The number of para-hydroxylation sites is 1. The molecule has 30 heavy (non-hydrogen) atoms. The number of nitrogens with one attached hydrogen (secondary N) is 1. The molecule has 3 aromatic carbocycles. The van der Waals surface area contributed by atoms with Crippen LogP contribution < -0.4 is 14.9 Å². The van der Waals surface area contributed by atoms with Gasteiger partial charge < -0.3 is 9.47 Å². The number of benzene rings is 3. The number of aromatic nitrogens is 2. The zero-order valence-corrected chi connectivity index (χ0v) is 17.1. The Morgan fingerprint density at radius 1 is 0.867 bits per heavy atom. The molecular weight excluding hydrogens is 376 g/mol. The molecule has 0 aliphatic heterocycles. The van der Waals surface area contributed by atoms with E-state index in [-0.39, 0.29) is 0 Å². The molecule has 0 amide bonds. The van der Waals surface area contributed by atoms with Crippen molar-refractivity contribution in [1.82, 2.24) is 9.97 Å². The quantitative estimate of drug-likeness (QED) is 0.363. The van der Waals surface area contributed by atoms with Crippen molar-refractivity contribution in [3.05, 3.63) is 77.9 Å². The highest BCUT2D eigenvalue weighted by atomic mass is 16.5. The van der Waals surface area contributed by atoms with Crippen LogP contribution in [0.5, 0.6) is 11.5 Å². The number of ether oxygens (including phenoxy) is 2. The van der Waals surface area contributed by atoms with Gasteiger partial charge in [0.2, 0.25) is 0 Å². The Morgan fingerprint density at radius 3 is 2.40 bits per heavy atom. The fraction of sp³-hybridized carbons (Fsp3) is 0.125. The van der Waals surface area contributed by atoms with Gasteiger partial charge in [0.15, 0.2) is 23.1 Å². The van der Waals surface area contributed by atoms with E-state index in [1.165, 1.54) is 5.56 Å². The molecule has 0 unspecified atom stereocenters. The van der Waals surface area contributed by atoms with E-state index < -0.39 is 0 Å². The summed E-state index contributed by atoms with van der Waals surface area (Å²) in [6.07, 6.45) is 1.71. The average Bonchev–Trinajstić information content (AvgIpc) is 2.79. The van der Waals surface area contributed by atoms with E-state index in [9.17, 15) is 0 Å². The summed E-state index contributed by atoms with van der Waals surface area (Å²) in [5, 5.41) is 5.28. The molecule has 0 bridgehead atoms. The van der Waals surface area contributed by atoms with Gasteiger partial charge in [-0.05, 0) is 42.8 Å². The van der Waals surface area contributed by atoms with Crippen molar-refractivity contribution in [2.75, 3.05) is 19.6 Å². The lowest BCUT2D eigenvalue weighted by molar-refractivity contribution is 0.355. The summed E-state index contributed by atoms with van der Waals surface area (Å²) < 4.78 is 10.6. The van der Waals surface area contributed by atoms with Crippen molar-refractivity contribution in [3.8, 4) is 22.9 Å². The maximum absolute atomic E-state index is 5.34. The van der Waals surface area contributed by atoms with E-state index in [4.69, 9.17) is 19.4 Å². The Hall–Kier alpha value is -3.93. The molecule has 0 spiro atoms. The number of hydrogen-bond donors (Lipinski definition) is 1. The summed E-state index contributed by atoms with van der Waals surface area (Å²) >= 11 is 0. The zero-order chi connectivity index (χ0) is 20.9. The van der Waals surface area contributed by atoms with E-state index in [0.717, 1.165) is 22.0 Å². The summed E-state index contributed by atoms with van der Waals surface area (Å²) in [6.45, 7) is 2.06. The summed E-state index contributed by atoms with van der Waals surface area (Å²) in [5.74, 6) is 2.62. The van der Waals surface area contributed by atoms with Crippen LogP contribution in [-0.4, -0.2) is 30.4 Å². The van der Waals surface area contributed by atoms with Crippen LogP contribution in [0, 0.1) is 6.92 Å². The summed E-state index contributed by atoms with van der Waals surface area (Å²) in [7, 11) is 3.22. The minimum atomic E-state index is 0.646. The molecule has 4 aromatic rings. The Kier molecular flexibility index (Phi) is 5.57. The smallest absolute Gasteiger partial charge is 0.162 e. The van der Waals surface area contributed by atoms with Gasteiger partial charge in [-0.3, -0.25) is 5.43 Å². The molecule has 0 saturated heterocycles. The van der Waals surface area contributed by atoms with Gasteiger partial charge in [-0.25, -0.2) is 9.97 Å². The monoisotopic (exact) mass is 398 g/mol. The SMILES string of the molecule is COc1ccc(/C=N/Nc2nc(-c3ccc(C)cc3)nc3ccccc23)cc1OC. The van der Waals surface area contributed by atoms with Crippen LogP contribution in [0.3, 0.4) is 0 Å². The fourth-order valence-corrected chi connectivity index (χ4v) is 3.09. The normalized spacial score (nSPS) is 11.0. The molecule has 1 heterocycles. The third kappa shape index (κ3) is 4.07. The van der Waals surface area contributed by atoms with E-state index in [1.54, 1.807) is 20.4 Å². The number of nitrogens with zero attached hydrogens (tertiary/aromatic N) is 3. The molecule has 0 saturated carbocycles. The molecule has 0 aliphatic carbocycles. The van der Waals surface area contributed by atoms with Crippen LogP contribution in [0.25, 0.3) is 22.3 Å². The number of fused-ring (bicyclic) bond motifs is 1. The molecule has 6 heteroatoms. The molecule has 150 valence electrons. The minimum absolute atomic E-state index is 0.646. The largest absolute Gasteiger partial charge is 0.493 e. The highest BCUT2D eigenvalue weighted by molar-refractivity contribution is 5.91. The number of hydrogen-bond acceptors (Lipinski definition) is 6. The van der Waals surface area contributed by atoms with Gasteiger partial charge in [0, 0.05) is 10.9 Å². The number of methoxy groups -OCH3 is 2. The average molecular weight is 398 g/mol. The molecule has 0 aliphatic rings. The Morgan fingerprint density at radius 2 is 1.63 bits per heavy atom. The first-order valence-corrected chi connectivity index (χ1v) is 9.53. The Labute approximate surface area is 175 Å². The standard InChI is InChI=1S/C24H22N4O2/c1-16-8-11-18(12-9-16)23-26-20-7-5-4-6-19(20)24(27-23)28-25-15-17-10-13-21(29-2)22(14-17)30-3/h4-15H,1-3H3,(H,26,27,28)/b25-15+. The number of hydrazone groups is 1. The minimum Gasteiger partial charge on any atom is -0.493 e. The van der Waals surface area contributed by atoms with E-state index in [1.807, 2.05) is 54.6 Å². The maximum Gasteiger partial charge on any atom is 0.162 e. The van der Waals surface area contributed by atoms with E-state index in [2.05, 4.69) is 29.6 Å². The van der Waals surface area contributed by atoms with Gasteiger partial charge in [-0.15, -0.1) is 0 Å². The third-order valence-corrected chi connectivity index (χ3v) is 4.70. The van der Waals surface area contributed by atoms with Crippen LogP contribution in [0.15, 0.2) is 71.8 Å². The zero-order valence-electron chi connectivity index (χ0n) is 17.1. The van der Waals surface area contributed by atoms with Crippen LogP contribution in [-0.2, 0) is 0 Å². The van der Waals surface area contributed by atoms with Crippen molar-refractivity contribution in [1.29, 1.82) is 0 Å². The lowest BCUT2D eigenvalue weighted by Crippen LogP contribution is -1.99. The fourth-order valence-electron chi connectivity index (χ4n) is 3.09. The molecule has 1 N–H and O–H groups in total. The van der Waals surface area contributed by atoms with Crippen LogP contribution in [0.4, 0.5) is 5.82 Å². The molecule has 0 atom stereocenters. The molecule has 0 radical (unpaired) electrons. The first kappa shape index (κ1) is 19.4.